The Morgan fingerprint density at radius 1 is 1.44 bits per heavy atom. The molecular weight excluding hydrogens is 226 g/mol. The second kappa shape index (κ2) is 3.77. The van der Waals surface area contributed by atoms with E-state index in [1.54, 1.807) is 0 Å². The molecule has 1 aliphatic carbocycles. The minimum Gasteiger partial charge on any atom is -0.399 e. The Balaban J connectivity index is 2.42. The zero-order valence-electron chi connectivity index (χ0n) is 8.47. The molecule has 1 aromatic carbocycles. The van der Waals surface area contributed by atoms with Crippen LogP contribution in [0.2, 0.25) is 0 Å². The van der Waals surface area contributed by atoms with Crippen LogP contribution in [0, 0.1) is 11.3 Å². The summed E-state index contributed by atoms with van der Waals surface area (Å²) in [6.45, 7) is 0. The molecule has 1 fully saturated rings. The minimum atomic E-state index is -3.58. The van der Waals surface area contributed by atoms with E-state index in [9.17, 15) is 8.42 Å². The number of nitrogens with two attached hydrogens (primary N) is 1. The molecule has 84 valence electrons. The van der Waals surface area contributed by atoms with Gasteiger partial charge in [0.15, 0.2) is 0 Å². The lowest BCUT2D eigenvalue weighted by Crippen LogP contribution is -2.26. The molecule has 0 amide bonds. The summed E-state index contributed by atoms with van der Waals surface area (Å²) in [6.07, 6.45) is 1.71. The Hall–Kier alpha value is -1.58. The van der Waals surface area contributed by atoms with E-state index in [1.165, 1.54) is 18.2 Å². The quantitative estimate of drug-likeness (QED) is 0.751. The van der Waals surface area contributed by atoms with Gasteiger partial charge in [-0.2, -0.15) is 5.26 Å². The summed E-state index contributed by atoms with van der Waals surface area (Å²) in [5.74, 6) is 0. The summed E-state index contributed by atoms with van der Waals surface area (Å²) in [4.78, 5) is -0.00361. The van der Waals surface area contributed by atoms with Gasteiger partial charge in [0.25, 0.3) is 0 Å². The van der Waals surface area contributed by atoms with Crippen LogP contribution in [0.15, 0.2) is 23.1 Å². The highest BCUT2D eigenvalue weighted by molar-refractivity contribution is 7.89. The van der Waals surface area contributed by atoms with Gasteiger partial charge in [0, 0.05) is 11.7 Å². The van der Waals surface area contributed by atoms with Crippen molar-refractivity contribution in [1.29, 1.82) is 5.26 Å². The van der Waals surface area contributed by atoms with E-state index in [1.807, 2.05) is 6.07 Å². The Morgan fingerprint density at radius 3 is 2.69 bits per heavy atom. The lowest BCUT2D eigenvalue weighted by Gasteiger charge is -2.07. The zero-order chi connectivity index (χ0) is 11.8. The first-order valence-electron chi connectivity index (χ1n) is 4.85. The summed E-state index contributed by atoms with van der Waals surface area (Å²) in [7, 11) is -3.58. The van der Waals surface area contributed by atoms with Gasteiger partial charge in [-0.05, 0) is 31.0 Å². The van der Waals surface area contributed by atoms with Crippen molar-refractivity contribution in [1.82, 2.24) is 4.72 Å². The third-order valence-corrected chi connectivity index (χ3v) is 3.89. The molecule has 16 heavy (non-hydrogen) atoms. The van der Waals surface area contributed by atoms with Gasteiger partial charge in [0.05, 0.1) is 10.5 Å². The Kier molecular flexibility index (Phi) is 2.58. The smallest absolute Gasteiger partial charge is 0.242 e. The van der Waals surface area contributed by atoms with E-state index in [-0.39, 0.29) is 16.5 Å². The highest BCUT2D eigenvalue weighted by atomic mass is 32.2. The van der Waals surface area contributed by atoms with E-state index in [0.29, 0.717) is 5.69 Å². The third-order valence-electron chi connectivity index (χ3n) is 2.31. The number of anilines is 1. The van der Waals surface area contributed by atoms with Crippen molar-refractivity contribution in [2.24, 2.45) is 0 Å². The van der Waals surface area contributed by atoms with Crippen LogP contribution < -0.4 is 10.5 Å². The molecule has 0 bridgehead atoms. The molecule has 0 aliphatic heterocycles. The average molecular weight is 237 g/mol. The number of nitrogens with one attached hydrogen (secondary N) is 1. The standard InChI is InChI=1S/C10H11N3O2S/c11-6-7-5-8(12)1-4-10(7)16(14,15)13-9-2-3-9/h1,4-5,9,13H,2-3,12H2. The predicted molar refractivity (Wildman–Crippen MR) is 58.9 cm³/mol. The molecule has 2 rings (SSSR count). The molecule has 1 saturated carbocycles. The van der Waals surface area contributed by atoms with E-state index in [0.717, 1.165) is 12.8 Å². The second-order valence-electron chi connectivity index (χ2n) is 3.76. The summed E-state index contributed by atoms with van der Waals surface area (Å²) in [6, 6.07) is 6.06. The van der Waals surface area contributed by atoms with Gasteiger partial charge in [-0.3, -0.25) is 0 Å². The molecular formula is C10H11N3O2S. The van der Waals surface area contributed by atoms with Crippen molar-refractivity contribution >= 4 is 15.7 Å². The Morgan fingerprint density at radius 2 is 2.12 bits per heavy atom. The van der Waals surface area contributed by atoms with Crippen molar-refractivity contribution in [2.75, 3.05) is 5.73 Å². The van der Waals surface area contributed by atoms with Crippen LogP contribution in [-0.2, 0) is 10.0 Å². The molecule has 6 heteroatoms. The normalized spacial score (nSPS) is 15.7. The number of sulfonamides is 1. The molecule has 3 N–H and O–H groups in total. The molecule has 0 atom stereocenters. The van der Waals surface area contributed by atoms with Crippen LogP contribution >= 0.6 is 0 Å². The van der Waals surface area contributed by atoms with Crippen LogP contribution in [0.3, 0.4) is 0 Å². The fraction of sp³-hybridized carbons (Fsp3) is 0.300. The number of hydrogen-bond acceptors (Lipinski definition) is 4. The fourth-order valence-electron chi connectivity index (χ4n) is 1.35. The molecule has 0 spiro atoms. The fourth-order valence-corrected chi connectivity index (χ4v) is 2.80. The van der Waals surface area contributed by atoms with Crippen LogP contribution in [-0.4, -0.2) is 14.5 Å². The number of nitriles is 1. The number of benzene rings is 1. The number of rotatable bonds is 3. The Bertz CT molecular complexity index is 556. The number of nitrogens with zero attached hydrogens (tertiary/aromatic N) is 1. The molecule has 1 aromatic rings. The number of nitrogen functional groups attached to an aromatic ring is 1. The number of hydrogen-bond donors (Lipinski definition) is 2. The summed E-state index contributed by atoms with van der Waals surface area (Å²) >= 11 is 0. The molecule has 0 unspecified atom stereocenters. The van der Waals surface area contributed by atoms with Crippen molar-refractivity contribution in [2.45, 2.75) is 23.8 Å². The monoisotopic (exact) mass is 237 g/mol. The van der Waals surface area contributed by atoms with E-state index in [4.69, 9.17) is 11.0 Å². The molecule has 0 radical (unpaired) electrons. The lowest BCUT2D eigenvalue weighted by atomic mass is 10.2. The molecule has 1 aliphatic rings. The van der Waals surface area contributed by atoms with Crippen molar-refractivity contribution in [3.8, 4) is 6.07 Å². The van der Waals surface area contributed by atoms with E-state index >= 15 is 0 Å². The topological polar surface area (TPSA) is 96.0 Å². The van der Waals surface area contributed by atoms with Gasteiger partial charge in [0.2, 0.25) is 10.0 Å². The third kappa shape index (κ3) is 2.15. The highest BCUT2D eigenvalue weighted by Crippen LogP contribution is 2.24. The molecule has 0 aromatic heterocycles. The lowest BCUT2D eigenvalue weighted by molar-refractivity contribution is 0.581. The van der Waals surface area contributed by atoms with Gasteiger partial charge < -0.3 is 5.73 Å². The van der Waals surface area contributed by atoms with Crippen LogP contribution in [0.4, 0.5) is 5.69 Å². The summed E-state index contributed by atoms with van der Waals surface area (Å²) in [5, 5.41) is 8.86. The maximum Gasteiger partial charge on any atom is 0.242 e. The largest absolute Gasteiger partial charge is 0.399 e. The van der Waals surface area contributed by atoms with Gasteiger partial charge in [-0.25, -0.2) is 13.1 Å². The summed E-state index contributed by atoms with van der Waals surface area (Å²) in [5.41, 5.74) is 5.95. The minimum absolute atomic E-state index is 0.00361. The van der Waals surface area contributed by atoms with Crippen LogP contribution in [0.25, 0.3) is 0 Å². The van der Waals surface area contributed by atoms with Gasteiger partial charge >= 0.3 is 0 Å². The predicted octanol–water partition coefficient (Wildman–Crippen LogP) is 0.581. The maximum absolute atomic E-state index is 11.9. The van der Waals surface area contributed by atoms with Gasteiger partial charge in [0.1, 0.15) is 6.07 Å². The highest BCUT2D eigenvalue weighted by Gasteiger charge is 2.29. The zero-order valence-corrected chi connectivity index (χ0v) is 9.29. The van der Waals surface area contributed by atoms with Crippen molar-refractivity contribution < 1.29 is 8.42 Å². The van der Waals surface area contributed by atoms with Gasteiger partial charge in [-0.1, -0.05) is 0 Å². The average Bonchev–Trinajstić information content (AvgIpc) is 3.00. The maximum atomic E-state index is 11.9. The van der Waals surface area contributed by atoms with Crippen molar-refractivity contribution in [3.63, 3.8) is 0 Å². The molecule has 0 saturated heterocycles. The van der Waals surface area contributed by atoms with Crippen molar-refractivity contribution in [3.05, 3.63) is 23.8 Å². The SMILES string of the molecule is N#Cc1cc(N)ccc1S(=O)(=O)NC1CC1. The Labute approximate surface area is 93.9 Å². The summed E-state index contributed by atoms with van der Waals surface area (Å²) < 4.78 is 26.3. The van der Waals surface area contributed by atoms with E-state index < -0.39 is 10.0 Å². The van der Waals surface area contributed by atoms with E-state index in [2.05, 4.69) is 4.72 Å². The molecule has 5 nitrogen and oxygen atoms in total. The van der Waals surface area contributed by atoms with Gasteiger partial charge in [-0.15, -0.1) is 0 Å². The first-order chi connectivity index (χ1) is 7.53. The first kappa shape index (κ1) is 10.9. The first-order valence-corrected chi connectivity index (χ1v) is 6.33. The molecule has 0 heterocycles. The second-order valence-corrected chi connectivity index (χ2v) is 5.45. The van der Waals surface area contributed by atoms with Crippen LogP contribution in [0.5, 0.6) is 0 Å². The van der Waals surface area contributed by atoms with Crippen LogP contribution in [0.1, 0.15) is 18.4 Å².